The summed E-state index contributed by atoms with van der Waals surface area (Å²) in [4.78, 5) is 28.6. The number of para-hydroxylation sites is 1. The summed E-state index contributed by atoms with van der Waals surface area (Å²) in [6, 6.07) is 21.3. The van der Waals surface area contributed by atoms with Crippen molar-refractivity contribution >= 4 is 27.5 Å². The molecule has 0 fully saturated rings. The molecule has 9 heteroatoms. The van der Waals surface area contributed by atoms with E-state index in [0.29, 0.717) is 17.0 Å². The molecule has 3 rings (SSSR count). The SMILES string of the molecule is CC[C@@H](C)NC(=O)[C@H](C)N(Cc1cccc(OC)c1)C(=O)CN(c1ccccc1C)S(=O)(=O)c1ccccc1. The molecule has 0 spiro atoms. The maximum atomic E-state index is 14.0. The van der Waals surface area contributed by atoms with E-state index in [-0.39, 0.29) is 23.4 Å². The number of nitrogens with zero attached hydrogens (tertiary/aromatic N) is 2. The monoisotopic (exact) mass is 551 g/mol. The van der Waals surface area contributed by atoms with Crippen molar-refractivity contribution in [2.75, 3.05) is 18.0 Å². The summed E-state index contributed by atoms with van der Waals surface area (Å²) in [6.45, 7) is 6.92. The first-order valence-corrected chi connectivity index (χ1v) is 14.4. The van der Waals surface area contributed by atoms with Crippen molar-refractivity contribution in [2.24, 2.45) is 0 Å². The Morgan fingerprint density at radius 3 is 2.26 bits per heavy atom. The van der Waals surface area contributed by atoms with Crippen molar-refractivity contribution in [2.45, 2.75) is 57.6 Å². The van der Waals surface area contributed by atoms with Gasteiger partial charge in [0.15, 0.2) is 0 Å². The molecule has 2 amide bonds. The number of carbonyl (C=O) groups is 2. The zero-order valence-electron chi connectivity index (χ0n) is 23.1. The van der Waals surface area contributed by atoms with E-state index in [1.807, 2.05) is 26.0 Å². The molecule has 0 bridgehead atoms. The van der Waals surface area contributed by atoms with E-state index in [0.717, 1.165) is 16.3 Å². The van der Waals surface area contributed by atoms with Gasteiger partial charge in [-0.1, -0.05) is 55.5 Å². The number of sulfonamides is 1. The van der Waals surface area contributed by atoms with Gasteiger partial charge in [-0.3, -0.25) is 13.9 Å². The minimum atomic E-state index is -4.09. The van der Waals surface area contributed by atoms with E-state index < -0.39 is 28.5 Å². The second kappa shape index (κ2) is 13.3. The Kier molecular flexibility index (Phi) is 10.1. The Balaban J connectivity index is 2.03. The van der Waals surface area contributed by atoms with Gasteiger partial charge in [0.1, 0.15) is 18.3 Å². The average Bonchev–Trinajstić information content (AvgIpc) is 2.95. The molecule has 0 radical (unpaired) electrons. The van der Waals surface area contributed by atoms with E-state index in [2.05, 4.69) is 5.32 Å². The fraction of sp³-hybridized carbons (Fsp3) is 0.333. The molecule has 8 nitrogen and oxygen atoms in total. The maximum absolute atomic E-state index is 14.0. The minimum absolute atomic E-state index is 0.0722. The first kappa shape index (κ1) is 29.7. The van der Waals surface area contributed by atoms with Gasteiger partial charge in [-0.05, 0) is 68.7 Å². The third-order valence-corrected chi connectivity index (χ3v) is 8.42. The van der Waals surface area contributed by atoms with Crippen LogP contribution in [0.3, 0.4) is 0 Å². The first-order chi connectivity index (χ1) is 18.6. The van der Waals surface area contributed by atoms with Crippen molar-refractivity contribution in [3.63, 3.8) is 0 Å². The van der Waals surface area contributed by atoms with Gasteiger partial charge in [0, 0.05) is 12.6 Å². The van der Waals surface area contributed by atoms with Crippen molar-refractivity contribution in [3.05, 3.63) is 90.0 Å². The predicted molar refractivity (Wildman–Crippen MR) is 153 cm³/mol. The Morgan fingerprint density at radius 2 is 1.62 bits per heavy atom. The van der Waals surface area contributed by atoms with Crippen LogP contribution >= 0.6 is 0 Å². The quantitative estimate of drug-likeness (QED) is 0.357. The zero-order chi connectivity index (χ0) is 28.6. The van der Waals surface area contributed by atoms with Crippen LogP contribution in [0.25, 0.3) is 0 Å². The first-order valence-electron chi connectivity index (χ1n) is 12.9. The van der Waals surface area contributed by atoms with Crippen LogP contribution in [-0.2, 0) is 26.2 Å². The smallest absolute Gasteiger partial charge is 0.264 e. The highest BCUT2D eigenvalue weighted by Gasteiger charge is 2.33. The molecule has 0 aliphatic carbocycles. The Bertz CT molecular complexity index is 1380. The lowest BCUT2D eigenvalue weighted by molar-refractivity contribution is -0.139. The maximum Gasteiger partial charge on any atom is 0.264 e. The van der Waals surface area contributed by atoms with Gasteiger partial charge >= 0.3 is 0 Å². The van der Waals surface area contributed by atoms with E-state index >= 15 is 0 Å². The fourth-order valence-corrected chi connectivity index (χ4v) is 5.59. The number of methoxy groups -OCH3 is 1. The normalized spacial score (nSPS) is 12.7. The molecule has 0 aromatic heterocycles. The zero-order valence-corrected chi connectivity index (χ0v) is 23.9. The van der Waals surface area contributed by atoms with Crippen molar-refractivity contribution in [3.8, 4) is 5.75 Å². The highest BCUT2D eigenvalue weighted by molar-refractivity contribution is 7.92. The Morgan fingerprint density at radius 1 is 0.949 bits per heavy atom. The molecule has 0 aliphatic rings. The lowest BCUT2D eigenvalue weighted by Gasteiger charge is -2.33. The Hall–Kier alpha value is -3.85. The van der Waals surface area contributed by atoms with Gasteiger partial charge in [0.2, 0.25) is 11.8 Å². The number of amides is 2. The molecule has 0 saturated heterocycles. The van der Waals surface area contributed by atoms with Crippen molar-refractivity contribution < 1.29 is 22.7 Å². The summed E-state index contributed by atoms with van der Waals surface area (Å²) in [5, 5.41) is 2.93. The van der Waals surface area contributed by atoms with Gasteiger partial charge in [-0.2, -0.15) is 0 Å². The number of anilines is 1. The molecule has 3 aromatic carbocycles. The van der Waals surface area contributed by atoms with Crippen LogP contribution in [0.2, 0.25) is 0 Å². The number of hydrogen-bond acceptors (Lipinski definition) is 5. The van der Waals surface area contributed by atoms with Crippen LogP contribution in [0.5, 0.6) is 5.75 Å². The average molecular weight is 552 g/mol. The van der Waals surface area contributed by atoms with Crippen LogP contribution in [0.1, 0.15) is 38.3 Å². The number of hydrogen-bond donors (Lipinski definition) is 1. The van der Waals surface area contributed by atoms with Gasteiger partial charge < -0.3 is 15.0 Å². The van der Waals surface area contributed by atoms with Crippen LogP contribution in [0.15, 0.2) is 83.8 Å². The Labute approximate surface area is 231 Å². The van der Waals surface area contributed by atoms with Gasteiger partial charge in [0.25, 0.3) is 10.0 Å². The van der Waals surface area contributed by atoms with E-state index in [4.69, 9.17) is 4.74 Å². The van der Waals surface area contributed by atoms with Gasteiger partial charge in [-0.25, -0.2) is 8.42 Å². The van der Waals surface area contributed by atoms with Crippen LogP contribution in [-0.4, -0.2) is 50.9 Å². The van der Waals surface area contributed by atoms with Gasteiger partial charge in [-0.15, -0.1) is 0 Å². The topological polar surface area (TPSA) is 96.0 Å². The lowest BCUT2D eigenvalue weighted by Crippen LogP contribution is -2.52. The molecular formula is C30H37N3O5S. The highest BCUT2D eigenvalue weighted by atomic mass is 32.2. The molecule has 0 heterocycles. The third-order valence-electron chi connectivity index (χ3n) is 6.65. The largest absolute Gasteiger partial charge is 0.497 e. The summed E-state index contributed by atoms with van der Waals surface area (Å²) in [6.07, 6.45) is 0.735. The van der Waals surface area contributed by atoms with Crippen molar-refractivity contribution in [1.82, 2.24) is 10.2 Å². The summed E-state index contributed by atoms with van der Waals surface area (Å²) in [5.41, 5.74) is 1.85. The molecule has 39 heavy (non-hydrogen) atoms. The molecule has 0 unspecified atom stereocenters. The number of carbonyl (C=O) groups excluding carboxylic acids is 2. The number of ether oxygens (including phenoxy) is 1. The van der Waals surface area contributed by atoms with E-state index in [1.54, 1.807) is 75.6 Å². The summed E-state index contributed by atoms with van der Waals surface area (Å²) in [5.74, 6) is -0.203. The van der Waals surface area contributed by atoms with Gasteiger partial charge in [0.05, 0.1) is 17.7 Å². The third kappa shape index (κ3) is 7.38. The van der Waals surface area contributed by atoms with Crippen LogP contribution in [0, 0.1) is 6.92 Å². The number of aryl methyl sites for hydroxylation is 1. The molecular weight excluding hydrogens is 514 g/mol. The predicted octanol–water partition coefficient (Wildman–Crippen LogP) is 4.53. The molecule has 0 saturated carbocycles. The fourth-order valence-electron chi connectivity index (χ4n) is 4.09. The van der Waals surface area contributed by atoms with Crippen LogP contribution in [0.4, 0.5) is 5.69 Å². The standard InChI is InChI=1S/C30H37N3O5S/c1-6-23(3)31-30(35)24(4)32(20-25-14-12-15-26(19-25)38-5)29(34)21-33(28-18-11-10-13-22(28)2)39(36,37)27-16-8-7-9-17-27/h7-19,23-24H,6,20-21H2,1-5H3,(H,31,35)/t23-,24+/m1/s1. The second-order valence-electron chi connectivity index (χ2n) is 9.48. The lowest BCUT2D eigenvalue weighted by atomic mass is 10.1. The number of nitrogens with one attached hydrogen (secondary N) is 1. The van der Waals surface area contributed by atoms with E-state index in [1.165, 1.54) is 17.0 Å². The molecule has 3 aromatic rings. The molecule has 1 N–H and O–H groups in total. The molecule has 0 aliphatic heterocycles. The summed E-state index contributed by atoms with van der Waals surface area (Å²) < 4.78 is 34.1. The second-order valence-corrected chi connectivity index (χ2v) is 11.3. The molecule has 2 atom stereocenters. The van der Waals surface area contributed by atoms with E-state index in [9.17, 15) is 18.0 Å². The number of benzene rings is 3. The number of rotatable bonds is 12. The van der Waals surface area contributed by atoms with Crippen molar-refractivity contribution in [1.29, 1.82) is 0 Å². The molecule has 208 valence electrons. The van der Waals surface area contributed by atoms with Crippen LogP contribution < -0.4 is 14.4 Å². The minimum Gasteiger partial charge on any atom is -0.497 e. The highest BCUT2D eigenvalue weighted by Crippen LogP contribution is 2.27. The summed E-state index contributed by atoms with van der Waals surface area (Å²) in [7, 11) is -2.54. The summed E-state index contributed by atoms with van der Waals surface area (Å²) >= 11 is 0.